The van der Waals surface area contributed by atoms with Gasteiger partial charge in [0.2, 0.25) is 0 Å². The highest BCUT2D eigenvalue weighted by atomic mass is 32.1. The Balaban J connectivity index is 1.47. The van der Waals surface area contributed by atoms with E-state index in [1.807, 2.05) is 30.3 Å². The predicted octanol–water partition coefficient (Wildman–Crippen LogP) is 5.48. The maximum Gasteiger partial charge on any atom is 0.257 e. The van der Waals surface area contributed by atoms with Crippen LogP contribution in [0.4, 0.5) is 9.52 Å². The van der Waals surface area contributed by atoms with Gasteiger partial charge in [-0.1, -0.05) is 29.5 Å². The standard InChI is InChI=1S/C20H13FN2O2S/c21-14-8-11-17-18(12-14)26-20(22-17)23-19(24)13-6-9-16(10-7-13)25-15-4-2-1-3-5-15/h1-12H,(H,22,23,24). The van der Waals surface area contributed by atoms with E-state index >= 15 is 0 Å². The minimum absolute atomic E-state index is 0.282. The number of nitrogens with zero attached hydrogens (tertiary/aromatic N) is 1. The van der Waals surface area contributed by atoms with Crippen molar-refractivity contribution in [2.45, 2.75) is 0 Å². The van der Waals surface area contributed by atoms with Gasteiger partial charge >= 0.3 is 0 Å². The first-order valence-electron chi connectivity index (χ1n) is 7.88. The van der Waals surface area contributed by atoms with Crippen LogP contribution in [0.1, 0.15) is 10.4 Å². The highest BCUT2D eigenvalue weighted by Gasteiger charge is 2.11. The summed E-state index contributed by atoms with van der Waals surface area (Å²) >= 11 is 1.23. The average Bonchev–Trinajstić information content (AvgIpc) is 3.04. The molecule has 3 aromatic carbocycles. The van der Waals surface area contributed by atoms with Gasteiger partial charge in [0.05, 0.1) is 10.2 Å². The van der Waals surface area contributed by atoms with Gasteiger partial charge in [0.25, 0.3) is 5.91 Å². The first-order chi connectivity index (χ1) is 12.7. The van der Waals surface area contributed by atoms with Gasteiger partial charge in [-0.2, -0.15) is 0 Å². The number of hydrogen-bond donors (Lipinski definition) is 1. The molecule has 0 spiro atoms. The number of hydrogen-bond acceptors (Lipinski definition) is 4. The molecule has 1 heterocycles. The monoisotopic (exact) mass is 364 g/mol. The van der Waals surface area contributed by atoms with Crippen molar-refractivity contribution in [2.75, 3.05) is 5.32 Å². The Morgan fingerprint density at radius 1 is 0.962 bits per heavy atom. The van der Waals surface area contributed by atoms with E-state index < -0.39 is 0 Å². The van der Waals surface area contributed by atoms with Gasteiger partial charge in [0.15, 0.2) is 5.13 Å². The van der Waals surface area contributed by atoms with Crippen LogP contribution in [0.2, 0.25) is 0 Å². The van der Waals surface area contributed by atoms with Crippen molar-refractivity contribution in [1.29, 1.82) is 0 Å². The topological polar surface area (TPSA) is 51.2 Å². The number of nitrogens with one attached hydrogen (secondary N) is 1. The maximum atomic E-state index is 13.2. The largest absolute Gasteiger partial charge is 0.457 e. The Morgan fingerprint density at radius 2 is 1.69 bits per heavy atom. The number of thiazole rings is 1. The Labute approximate surface area is 152 Å². The second-order valence-corrected chi connectivity index (χ2v) is 6.56. The molecule has 4 aromatic rings. The second-order valence-electron chi connectivity index (χ2n) is 5.52. The van der Waals surface area contributed by atoms with Crippen LogP contribution in [-0.2, 0) is 0 Å². The van der Waals surface area contributed by atoms with Crippen molar-refractivity contribution in [3.8, 4) is 11.5 Å². The highest BCUT2D eigenvalue weighted by Crippen LogP contribution is 2.27. The maximum absolute atomic E-state index is 13.2. The Morgan fingerprint density at radius 3 is 2.46 bits per heavy atom. The normalized spacial score (nSPS) is 10.7. The molecule has 1 aromatic heterocycles. The zero-order valence-corrected chi connectivity index (χ0v) is 14.3. The van der Waals surface area contributed by atoms with Crippen LogP contribution in [0.5, 0.6) is 11.5 Å². The summed E-state index contributed by atoms with van der Waals surface area (Å²) in [6.45, 7) is 0. The Kier molecular flexibility index (Phi) is 4.33. The molecule has 0 aliphatic rings. The summed E-state index contributed by atoms with van der Waals surface area (Å²) in [4.78, 5) is 16.7. The molecule has 0 fully saturated rings. The number of halogens is 1. The number of aromatic nitrogens is 1. The number of rotatable bonds is 4. The van der Waals surface area contributed by atoms with Crippen molar-refractivity contribution < 1.29 is 13.9 Å². The van der Waals surface area contributed by atoms with Crippen LogP contribution < -0.4 is 10.1 Å². The smallest absolute Gasteiger partial charge is 0.257 e. The summed E-state index contributed by atoms with van der Waals surface area (Å²) in [5.74, 6) is 0.762. The molecule has 0 saturated heterocycles. The molecule has 128 valence electrons. The van der Waals surface area contributed by atoms with Crippen LogP contribution in [-0.4, -0.2) is 10.9 Å². The molecule has 4 rings (SSSR count). The predicted molar refractivity (Wildman–Crippen MR) is 100 cm³/mol. The van der Waals surface area contributed by atoms with Crippen molar-refractivity contribution in [3.05, 3.63) is 84.2 Å². The number of fused-ring (bicyclic) bond motifs is 1. The van der Waals surface area contributed by atoms with Gasteiger partial charge in [0, 0.05) is 5.56 Å². The van der Waals surface area contributed by atoms with E-state index in [9.17, 15) is 9.18 Å². The molecule has 0 aliphatic heterocycles. The van der Waals surface area contributed by atoms with Gasteiger partial charge in [-0.05, 0) is 54.6 Å². The number of ether oxygens (including phenoxy) is 1. The van der Waals surface area contributed by atoms with Crippen LogP contribution in [0.3, 0.4) is 0 Å². The number of amides is 1. The van der Waals surface area contributed by atoms with E-state index in [1.54, 1.807) is 30.3 Å². The molecule has 4 nitrogen and oxygen atoms in total. The molecular weight excluding hydrogens is 351 g/mol. The van der Waals surface area contributed by atoms with Crippen LogP contribution in [0.15, 0.2) is 72.8 Å². The van der Waals surface area contributed by atoms with E-state index in [0.717, 1.165) is 5.75 Å². The molecule has 6 heteroatoms. The first kappa shape index (κ1) is 16.2. The Bertz CT molecular complexity index is 1060. The summed E-state index contributed by atoms with van der Waals surface area (Å²) in [5, 5.41) is 3.17. The van der Waals surface area contributed by atoms with Gasteiger partial charge in [-0.25, -0.2) is 9.37 Å². The molecular formula is C20H13FN2O2S. The van der Waals surface area contributed by atoms with E-state index in [2.05, 4.69) is 10.3 Å². The Hall–Kier alpha value is -3.25. The fourth-order valence-electron chi connectivity index (χ4n) is 2.42. The summed E-state index contributed by atoms with van der Waals surface area (Å²) in [7, 11) is 0. The molecule has 1 amide bonds. The SMILES string of the molecule is O=C(Nc1nc2ccc(F)cc2s1)c1ccc(Oc2ccccc2)cc1. The lowest BCUT2D eigenvalue weighted by molar-refractivity contribution is 0.102. The van der Waals surface area contributed by atoms with Gasteiger partial charge in [-0.15, -0.1) is 0 Å². The minimum atomic E-state index is -0.326. The van der Waals surface area contributed by atoms with E-state index in [1.165, 1.54) is 23.5 Å². The average molecular weight is 364 g/mol. The molecule has 0 aliphatic carbocycles. The third kappa shape index (κ3) is 3.55. The van der Waals surface area contributed by atoms with Crippen LogP contribution >= 0.6 is 11.3 Å². The van der Waals surface area contributed by atoms with E-state index in [-0.39, 0.29) is 11.7 Å². The number of carbonyl (C=O) groups is 1. The highest BCUT2D eigenvalue weighted by molar-refractivity contribution is 7.22. The lowest BCUT2D eigenvalue weighted by Crippen LogP contribution is -2.11. The lowest BCUT2D eigenvalue weighted by Gasteiger charge is -2.06. The zero-order chi connectivity index (χ0) is 17.9. The summed E-state index contributed by atoms with van der Waals surface area (Å²) < 4.78 is 19.6. The van der Waals surface area contributed by atoms with Crippen molar-refractivity contribution in [2.24, 2.45) is 0 Å². The summed E-state index contributed by atoms with van der Waals surface area (Å²) in [6, 6.07) is 20.6. The zero-order valence-electron chi connectivity index (χ0n) is 13.5. The number of benzene rings is 3. The van der Waals surface area contributed by atoms with Crippen molar-refractivity contribution >= 4 is 32.6 Å². The van der Waals surface area contributed by atoms with Crippen LogP contribution in [0, 0.1) is 5.82 Å². The number of anilines is 1. The van der Waals surface area contributed by atoms with Crippen molar-refractivity contribution in [1.82, 2.24) is 4.98 Å². The van der Waals surface area contributed by atoms with Gasteiger partial charge < -0.3 is 4.74 Å². The molecule has 0 saturated carbocycles. The lowest BCUT2D eigenvalue weighted by atomic mass is 10.2. The fourth-order valence-corrected chi connectivity index (χ4v) is 3.31. The minimum Gasteiger partial charge on any atom is -0.457 e. The quantitative estimate of drug-likeness (QED) is 0.522. The third-order valence-electron chi connectivity index (χ3n) is 3.67. The summed E-state index contributed by atoms with van der Waals surface area (Å²) in [5.41, 5.74) is 1.13. The van der Waals surface area contributed by atoms with Crippen LogP contribution in [0.25, 0.3) is 10.2 Å². The summed E-state index contributed by atoms with van der Waals surface area (Å²) in [6.07, 6.45) is 0. The molecule has 0 radical (unpaired) electrons. The van der Waals surface area contributed by atoms with Crippen molar-refractivity contribution in [3.63, 3.8) is 0 Å². The van der Waals surface area contributed by atoms with Gasteiger partial charge in [0.1, 0.15) is 17.3 Å². The molecule has 0 atom stereocenters. The van der Waals surface area contributed by atoms with E-state index in [0.29, 0.717) is 26.7 Å². The molecule has 0 unspecified atom stereocenters. The molecule has 1 N–H and O–H groups in total. The third-order valence-corrected chi connectivity index (χ3v) is 4.60. The second kappa shape index (κ2) is 6.93. The molecule has 26 heavy (non-hydrogen) atoms. The fraction of sp³-hybridized carbons (Fsp3) is 0. The first-order valence-corrected chi connectivity index (χ1v) is 8.69. The van der Waals surface area contributed by atoms with Gasteiger partial charge in [-0.3, -0.25) is 10.1 Å². The number of carbonyl (C=O) groups excluding carboxylic acids is 1. The van der Waals surface area contributed by atoms with E-state index in [4.69, 9.17) is 4.74 Å². The molecule has 0 bridgehead atoms. The number of para-hydroxylation sites is 1.